The van der Waals surface area contributed by atoms with Crippen LogP contribution < -0.4 is 14.9 Å². The number of carbonyl (C=O) groups is 1. The molecule has 0 N–H and O–H groups in total. The fourth-order valence-corrected chi connectivity index (χ4v) is 6.13. The summed E-state index contributed by atoms with van der Waals surface area (Å²) in [6.45, 7) is 4.24. The monoisotopic (exact) mass is 487 g/mol. The van der Waals surface area contributed by atoms with Crippen molar-refractivity contribution >= 4 is 45.6 Å². The van der Waals surface area contributed by atoms with Crippen LogP contribution in [-0.2, 0) is 16.1 Å². The number of terminal acetylenes is 1. The number of ether oxygens (including phenoxy) is 1. The zero-order valence-electron chi connectivity index (χ0n) is 18.6. The molecule has 34 heavy (non-hydrogen) atoms. The molecule has 3 aromatic heterocycles. The number of thiophene rings is 1. The second kappa shape index (κ2) is 8.93. The number of rotatable bonds is 5. The van der Waals surface area contributed by atoms with E-state index in [0.29, 0.717) is 27.1 Å². The lowest BCUT2D eigenvalue weighted by atomic mass is 10.0. The van der Waals surface area contributed by atoms with E-state index in [4.69, 9.17) is 11.2 Å². The van der Waals surface area contributed by atoms with Gasteiger partial charge in [0.15, 0.2) is 4.80 Å². The molecule has 0 fully saturated rings. The first-order valence-corrected chi connectivity index (χ1v) is 12.5. The molecule has 170 valence electrons. The summed E-state index contributed by atoms with van der Waals surface area (Å²) < 4.78 is 9.47. The van der Waals surface area contributed by atoms with E-state index in [1.54, 1.807) is 18.4 Å². The van der Waals surface area contributed by atoms with Gasteiger partial charge in [0, 0.05) is 27.5 Å². The van der Waals surface area contributed by atoms with Gasteiger partial charge in [-0.15, -0.1) is 17.8 Å². The van der Waals surface area contributed by atoms with Gasteiger partial charge in [0.2, 0.25) is 0 Å². The van der Waals surface area contributed by atoms with E-state index in [0.717, 1.165) is 21.3 Å². The Balaban J connectivity index is 1.73. The molecule has 0 bridgehead atoms. The molecular weight excluding hydrogens is 466 g/mol. The lowest BCUT2D eigenvalue weighted by molar-refractivity contribution is -0.139. The number of fused-ring (bicyclic) bond motifs is 2. The van der Waals surface area contributed by atoms with Crippen molar-refractivity contribution in [1.82, 2.24) is 9.13 Å². The van der Waals surface area contributed by atoms with Crippen LogP contribution in [0.25, 0.3) is 17.0 Å². The van der Waals surface area contributed by atoms with Gasteiger partial charge in [0.1, 0.15) is 6.04 Å². The van der Waals surface area contributed by atoms with Gasteiger partial charge in [0.25, 0.3) is 5.56 Å². The highest BCUT2D eigenvalue weighted by atomic mass is 32.1. The van der Waals surface area contributed by atoms with Gasteiger partial charge >= 0.3 is 5.97 Å². The predicted molar refractivity (Wildman–Crippen MR) is 135 cm³/mol. The standard InChI is InChI=1S/C26H21N3O3S2/c1-4-12-28-15-17(18-9-6-7-10-19(18)28)14-21-24(30)29-23(20-11-8-13-33-20)22(25(31)32-5-2)16(3)27-26(29)34-21/h1,6-11,13-15,23H,5,12H2,2-3H3/b21-14-/t23-/m0/s1. The van der Waals surface area contributed by atoms with E-state index >= 15 is 0 Å². The summed E-state index contributed by atoms with van der Waals surface area (Å²) in [4.78, 5) is 32.6. The van der Waals surface area contributed by atoms with Crippen molar-refractivity contribution in [3.63, 3.8) is 0 Å². The van der Waals surface area contributed by atoms with Crippen LogP contribution in [0.2, 0.25) is 0 Å². The minimum Gasteiger partial charge on any atom is -0.463 e. The molecule has 1 aliphatic rings. The fourth-order valence-electron chi connectivity index (χ4n) is 4.27. The van der Waals surface area contributed by atoms with Gasteiger partial charge in [-0.1, -0.05) is 41.5 Å². The molecule has 6 nitrogen and oxygen atoms in total. The second-order valence-corrected chi connectivity index (χ2v) is 9.74. The smallest absolute Gasteiger partial charge is 0.338 e. The molecule has 0 aliphatic carbocycles. The van der Waals surface area contributed by atoms with Crippen molar-refractivity contribution in [2.75, 3.05) is 6.61 Å². The van der Waals surface area contributed by atoms with E-state index in [1.807, 2.05) is 58.6 Å². The maximum Gasteiger partial charge on any atom is 0.338 e. The van der Waals surface area contributed by atoms with Gasteiger partial charge < -0.3 is 9.30 Å². The van der Waals surface area contributed by atoms with Crippen LogP contribution in [0, 0.1) is 12.3 Å². The zero-order valence-corrected chi connectivity index (χ0v) is 20.3. The maximum atomic E-state index is 13.7. The van der Waals surface area contributed by atoms with E-state index in [1.165, 1.54) is 22.7 Å². The number of hydrogen-bond donors (Lipinski definition) is 0. The third-order valence-electron chi connectivity index (χ3n) is 5.70. The van der Waals surface area contributed by atoms with Crippen LogP contribution >= 0.6 is 22.7 Å². The molecule has 4 heterocycles. The number of nitrogens with zero attached hydrogens (tertiary/aromatic N) is 3. The van der Waals surface area contributed by atoms with Crippen molar-refractivity contribution in [2.45, 2.75) is 26.4 Å². The van der Waals surface area contributed by atoms with Crippen LogP contribution in [0.5, 0.6) is 0 Å². The van der Waals surface area contributed by atoms with Crippen LogP contribution in [-0.4, -0.2) is 21.7 Å². The number of aromatic nitrogens is 2. The van der Waals surface area contributed by atoms with Gasteiger partial charge in [0.05, 0.1) is 29.0 Å². The Labute approximate surface area is 203 Å². The third kappa shape index (κ3) is 3.63. The largest absolute Gasteiger partial charge is 0.463 e. The topological polar surface area (TPSA) is 65.6 Å². The molecule has 4 aromatic rings. The van der Waals surface area contributed by atoms with Gasteiger partial charge in [-0.25, -0.2) is 9.79 Å². The number of para-hydroxylation sites is 1. The first kappa shape index (κ1) is 22.1. The Kier molecular flexibility index (Phi) is 5.82. The first-order valence-electron chi connectivity index (χ1n) is 10.8. The van der Waals surface area contributed by atoms with Crippen molar-refractivity contribution in [3.8, 4) is 12.3 Å². The minimum absolute atomic E-state index is 0.190. The second-order valence-electron chi connectivity index (χ2n) is 7.75. The number of carbonyl (C=O) groups excluding carboxylic acids is 1. The average molecular weight is 488 g/mol. The summed E-state index contributed by atoms with van der Waals surface area (Å²) in [7, 11) is 0. The lowest BCUT2D eigenvalue weighted by Gasteiger charge is -2.23. The molecule has 1 atom stereocenters. The summed E-state index contributed by atoms with van der Waals surface area (Å²) in [6, 6.07) is 11.2. The Morgan fingerprint density at radius 2 is 2.12 bits per heavy atom. The highest BCUT2D eigenvalue weighted by Crippen LogP contribution is 2.33. The normalized spacial score (nSPS) is 15.8. The van der Waals surface area contributed by atoms with E-state index in [9.17, 15) is 9.59 Å². The average Bonchev–Trinajstić information content (AvgIpc) is 3.54. The van der Waals surface area contributed by atoms with E-state index in [-0.39, 0.29) is 12.2 Å². The summed E-state index contributed by atoms with van der Waals surface area (Å²) in [5.74, 6) is 2.23. The molecule has 1 aliphatic heterocycles. The number of hydrogen-bond acceptors (Lipinski definition) is 6. The van der Waals surface area contributed by atoms with Crippen molar-refractivity contribution < 1.29 is 9.53 Å². The van der Waals surface area contributed by atoms with Crippen LogP contribution in [0.1, 0.15) is 30.3 Å². The quantitative estimate of drug-likeness (QED) is 0.320. The number of allylic oxidation sites excluding steroid dienone is 1. The summed E-state index contributed by atoms with van der Waals surface area (Å²) in [5, 5.41) is 2.95. The van der Waals surface area contributed by atoms with Crippen molar-refractivity contribution in [3.05, 3.63) is 89.4 Å². The van der Waals surface area contributed by atoms with Crippen molar-refractivity contribution in [2.24, 2.45) is 4.99 Å². The molecule has 0 amide bonds. The Bertz CT molecular complexity index is 1660. The molecule has 0 saturated heterocycles. The molecule has 8 heteroatoms. The third-order valence-corrected chi connectivity index (χ3v) is 7.61. The van der Waals surface area contributed by atoms with Gasteiger partial charge in [-0.05, 0) is 37.4 Å². The van der Waals surface area contributed by atoms with E-state index in [2.05, 4.69) is 10.9 Å². The number of thiazole rings is 1. The Morgan fingerprint density at radius 1 is 1.29 bits per heavy atom. The first-order chi connectivity index (χ1) is 16.5. The molecule has 5 rings (SSSR count). The lowest BCUT2D eigenvalue weighted by Crippen LogP contribution is -2.39. The minimum atomic E-state index is -0.569. The number of benzene rings is 1. The maximum absolute atomic E-state index is 13.7. The number of esters is 1. The van der Waals surface area contributed by atoms with Crippen LogP contribution in [0.15, 0.2) is 69.0 Å². The Morgan fingerprint density at radius 3 is 2.85 bits per heavy atom. The molecule has 0 spiro atoms. The summed E-state index contributed by atoms with van der Waals surface area (Å²) in [6.07, 6.45) is 9.40. The summed E-state index contributed by atoms with van der Waals surface area (Å²) >= 11 is 2.81. The molecule has 0 saturated carbocycles. The highest BCUT2D eigenvalue weighted by Gasteiger charge is 2.33. The molecule has 0 unspecified atom stereocenters. The van der Waals surface area contributed by atoms with Gasteiger partial charge in [-0.2, -0.15) is 0 Å². The van der Waals surface area contributed by atoms with E-state index < -0.39 is 12.0 Å². The van der Waals surface area contributed by atoms with Crippen molar-refractivity contribution in [1.29, 1.82) is 0 Å². The van der Waals surface area contributed by atoms with Crippen LogP contribution in [0.3, 0.4) is 0 Å². The molecular formula is C26H21N3O3S2. The summed E-state index contributed by atoms with van der Waals surface area (Å²) in [5.41, 5.74) is 2.69. The van der Waals surface area contributed by atoms with Crippen LogP contribution in [0.4, 0.5) is 0 Å². The molecule has 0 radical (unpaired) electrons. The Hall–Kier alpha value is -3.67. The van der Waals surface area contributed by atoms with Gasteiger partial charge in [-0.3, -0.25) is 9.36 Å². The zero-order chi connectivity index (χ0) is 23.8. The SMILES string of the molecule is C#CCn1cc(/C=c2\sc3n(c2=O)[C@@H](c2cccs2)C(C(=O)OCC)=C(C)N=3)c2ccccc21. The highest BCUT2D eigenvalue weighted by molar-refractivity contribution is 7.10. The fraction of sp³-hybridized carbons (Fsp3) is 0.192. The molecule has 1 aromatic carbocycles. The predicted octanol–water partition coefficient (Wildman–Crippen LogP) is 3.45.